The number of nitrogens with one attached hydrogen (secondary N) is 6. The van der Waals surface area contributed by atoms with Crippen LogP contribution < -0.4 is 31.9 Å². The molecule has 0 aromatic heterocycles. The first kappa shape index (κ1) is 51.9. The average molecular weight is 901 g/mol. The van der Waals surface area contributed by atoms with Gasteiger partial charge in [0, 0.05) is 32.1 Å². The van der Waals surface area contributed by atoms with Gasteiger partial charge >= 0.3 is 17.9 Å². The maximum atomic E-state index is 14.8. The number of hydrogen-bond donors (Lipinski definition) is 9. The van der Waals surface area contributed by atoms with Crippen LogP contribution in [0.3, 0.4) is 0 Å². The first-order chi connectivity index (χ1) is 30.4. The molecule has 0 heterocycles. The van der Waals surface area contributed by atoms with E-state index in [1.165, 1.54) is 6.92 Å². The number of carbonyl (C=O) groups is 9. The quantitative estimate of drug-likeness (QED) is 0.0659. The molecule has 2 aromatic carbocycles. The summed E-state index contributed by atoms with van der Waals surface area (Å²) in [5, 5.41) is 43.4. The second kappa shape index (κ2) is 26.2. The number of alkyl halides is 2. The second-order valence-electron chi connectivity index (χ2n) is 15.8. The van der Waals surface area contributed by atoms with Crippen LogP contribution in [-0.4, -0.2) is 111 Å². The summed E-state index contributed by atoms with van der Waals surface area (Å²) in [6, 6.07) is 7.19. The summed E-state index contributed by atoms with van der Waals surface area (Å²) in [5.41, 5.74) is 0.953. The molecule has 0 radical (unpaired) electrons. The molecule has 0 bridgehead atoms. The molecule has 6 atom stereocenters. The largest absolute Gasteiger partial charge is 0.481 e. The van der Waals surface area contributed by atoms with Gasteiger partial charge in [-0.1, -0.05) is 99.7 Å². The van der Waals surface area contributed by atoms with Crippen LogP contribution in [0, 0.1) is 5.92 Å². The van der Waals surface area contributed by atoms with Crippen molar-refractivity contribution in [3.05, 3.63) is 71.8 Å². The Balaban J connectivity index is 2.09. The lowest BCUT2D eigenvalue weighted by molar-refractivity contribution is -0.143. The minimum Gasteiger partial charge on any atom is -0.481 e. The van der Waals surface area contributed by atoms with Gasteiger partial charge in [0.05, 0.1) is 0 Å². The van der Waals surface area contributed by atoms with Crippen LogP contribution in [0.4, 0.5) is 8.78 Å². The Morgan fingerprint density at radius 1 is 0.578 bits per heavy atom. The summed E-state index contributed by atoms with van der Waals surface area (Å²) in [5.74, 6) is -11.1. The third-order valence-electron chi connectivity index (χ3n) is 10.8. The van der Waals surface area contributed by atoms with Crippen LogP contribution in [0.15, 0.2) is 60.7 Å². The zero-order valence-corrected chi connectivity index (χ0v) is 35.7. The Kier molecular flexibility index (Phi) is 21.3. The molecule has 0 aliphatic heterocycles. The lowest BCUT2D eigenvalue weighted by Crippen LogP contribution is -2.60. The number of hydrogen-bond acceptors (Lipinski definition) is 9. The van der Waals surface area contributed by atoms with E-state index in [2.05, 4.69) is 31.9 Å². The van der Waals surface area contributed by atoms with Gasteiger partial charge in [-0.05, 0) is 42.7 Å². The maximum Gasteiger partial charge on any atom is 0.326 e. The minimum atomic E-state index is -3.09. The van der Waals surface area contributed by atoms with E-state index in [0.717, 1.165) is 19.3 Å². The normalized spacial score (nSPS) is 15.6. The standard InChI is InChI=1S/C44H58F2N6O12/c1-3-29(47-25(2)53)39(58)48-31(20-22-36(56)57)41(60)52-38(37(27-15-9-5-10-16-27)28-17-11-6-12-18-28)43(62)49-30(19-21-35(54)55)40(59)50-32(23-26-13-7-4-8-14-26)42(61)51-33(44(63)64)24-34(45)46/h5-6,9-12,15-18,26,29-34,37-38H,3-4,7-8,13-14,19-24H2,1-2H3,(H,47,53)(H,48,58)(H,49,62)(H,50,59)(H,51,61)(H,52,60)(H,54,55)(H,56,57)(H,63,64). The lowest BCUT2D eigenvalue weighted by atomic mass is 9.84. The summed E-state index contributed by atoms with van der Waals surface area (Å²) >= 11 is 0. The minimum absolute atomic E-state index is 0.0226. The van der Waals surface area contributed by atoms with Gasteiger partial charge in [-0.3, -0.25) is 38.4 Å². The highest BCUT2D eigenvalue weighted by Crippen LogP contribution is 2.30. The molecule has 1 aliphatic rings. The molecule has 9 N–H and O–H groups in total. The highest BCUT2D eigenvalue weighted by atomic mass is 19.3. The molecule has 6 unspecified atom stereocenters. The fourth-order valence-electron chi connectivity index (χ4n) is 7.59. The van der Waals surface area contributed by atoms with Crippen molar-refractivity contribution in [1.82, 2.24) is 31.9 Å². The number of amides is 6. The van der Waals surface area contributed by atoms with Gasteiger partial charge in [0.15, 0.2) is 0 Å². The molecule has 0 spiro atoms. The van der Waals surface area contributed by atoms with Gasteiger partial charge in [0.2, 0.25) is 41.9 Å². The first-order valence-corrected chi connectivity index (χ1v) is 21.2. The fraction of sp³-hybridized carbons (Fsp3) is 0.523. The van der Waals surface area contributed by atoms with Gasteiger partial charge in [0.1, 0.15) is 36.3 Å². The zero-order chi connectivity index (χ0) is 47.3. The number of carboxylic acids is 3. The van der Waals surface area contributed by atoms with Crippen molar-refractivity contribution in [3.8, 4) is 0 Å². The molecule has 3 rings (SSSR count). The van der Waals surface area contributed by atoms with Crippen LogP contribution in [-0.2, 0) is 43.2 Å². The summed E-state index contributed by atoms with van der Waals surface area (Å²) in [6.07, 6.45) is -2.66. The van der Waals surface area contributed by atoms with Gasteiger partial charge < -0.3 is 47.2 Å². The van der Waals surface area contributed by atoms with Gasteiger partial charge in [-0.15, -0.1) is 0 Å². The molecule has 350 valence electrons. The van der Waals surface area contributed by atoms with Crippen molar-refractivity contribution in [1.29, 1.82) is 0 Å². The fourth-order valence-corrected chi connectivity index (χ4v) is 7.59. The van der Waals surface area contributed by atoms with E-state index in [-0.39, 0.29) is 18.8 Å². The molecule has 0 saturated heterocycles. The summed E-state index contributed by atoms with van der Waals surface area (Å²) < 4.78 is 26.6. The molecule has 1 aliphatic carbocycles. The monoisotopic (exact) mass is 900 g/mol. The summed E-state index contributed by atoms with van der Waals surface area (Å²) in [4.78, 5) is 117. The van der Waals surface area contributed by atoms with Crippen molar-refractivity contribution in [2.24, 2.45) is 5.92 Å². The van der Waals surface area contributed by atoms with Gasteiger partial charge in [-0.25, -0.2) is 13.6 Å². The van der Waals surface area contributed by atoms with Crippen LogP contribution in [0.25, 0.3) is 0 Å². The average Bonchev–Trinajstić information content (AvgIpc) is 3.25. The molecular formula is C44H58F2N6O12. The zero-order valence-electron chi connectivity index (χ0n) is 35.7. The summed E-state index contributed by atoms with van der Waals surface area (Å²) in [6.45, 7) is 2.78. The number of rotatable bonds is 26. The number of carboxylic acid groups (broad SMARTS) is 3. The van der Waals surface area contributed by atoms with E-state index >= 15 is 0 Å². The maximum absolute atomic E-state index is 14.8. The van der Waals surface area contributed by atoms with Crippen molar-refractivity contribution in [3.63, 3.8) is 0 Å². The van der Waals surface area contributed by atoms with Crippen LogP contribution in [0.1, 0.15) is 108 Å². The Morgan fingerprint density at radius 2 is 1.02 bits per heavy atom. The van der Waals surface area contributed by atoms with Crippen LogP contribution in [0.2, 0.25) is 0 Å². The second-order valence-corrected chi connectivity index (χ2v) is 15.8. The number of carbonyl (C=O) groups excluding carboxylic acids is 6. The highest BCUT2D eigenvalue weighted by Gasteiger charge is 2.38. The number of halogens is 2. The smallest absolute Gasteiger partial charge is 0.326 e. The molecule has 6 amide bonds. The summed E-state index contributed by atoms with van der Waals surface area (Å²) in [7, 11) is 0. The van der Waals surface area contributed by atoms with E-state index in [0.29, 0.717) is 24.0 Å². The first-order valence-electron chi connectivity index (χ1n) is 21.2. The molecule has 1 fully saturated rings. The van der Waals surface area contributed by atoms with Gasteiger partial charge in [0.25, 0.3) is 0 Å². The van der Waals surface area contributed by atoms with Crippen molar-refractivity contribution in [2.75, 3.05) is 0 Å². The van der Waals surface area contributed by atoms with Crippen molar-refractivity contribution in [2.45, 2.75) is 139 Å². The molecule has 20 heteroatoms. The third-order valence-corrected chi connectivity index (χ3v) is 10.8. The molecule has 64 heavy (non-hydrogen) atoms. The predicted octanol–water partition coefficient (Wildman–Crippen LogP) is 2.60. The molecule has 2 aromatic rings. The number of benzene rings is 2. The Labute approximate surface area is 369 Å². The Hall–Kier alpha value is -6.47. The molecular weight excluding hydrogens is 843 g/mol. The lowest BCUT2D eigenvalue weighted by Gasteiger charge is -2.32. The van der Waals surface area contributed by atoms with Crippen LogP contribution in [0.5, 0.6) is 0 Å². The van der Waals surface area contributed by atoms with Crippen LogP contribution >= 0.6 is 0 Å². The van der Waals surface area contributed by atoms with Crippen molar-refractivity contribution < 1.29 is 67.3 Å². The Morgan fingerprint density at radius 3 is 1.47 bits per heavy atom. The topological polar surface area (TPSA) is 286 Å². The van der Waals surface area contributed by atoms with E-state index in [1.807, 2.05) is 0 Å². The Bertz CT molecular complexity index is 1880. The third kappa shape index (κ3) is 17.4. The van der Waals surface area contributed by atoms with E-state index < -0.39 is 134 Å². The molecule has 1 saturated carbocycles. The van der Waals surface area contributed by atoms with E-state index in [9.17, 15) is 67.3 Å². The van der Waals surface area contributed by atoms with E-state index in [1.54, 1.807) is 67.6 Å². The SMILES string of the molecule is CCC(NC(C)=O)C(=O)NC(CCC(=O)O)C(=O)NC(C(=O)NC(CCC(=O)O)C(=O)NC(CC1CCCCC1)C(=O)NC(CC(F)F)C(=O)O)C(c1ccccc1)c1ccccc1. The predicted molar refractivity (Wildman–Crippen MR) is 225 cm³/mol. The van der Waals surface area contributed by atoms with E-state index in [4.69, 9.17) is 0 Å². The number of aliphatic carboxylic acids is 3. The van der Waals surface area contributed by atoms with Crippen molar-refractivity contribution >= 4 is 53.4 Å². The molecule has 18 nitrogen and oxygen atoms in total. The highest BCUT2D eigenvalue weighted by molar-refractivity contribution is 5.97. The van der Waals surface area contributed by atoms with Gasteiger partial charge in [-0.2, -0.15) is 0 Å².